The summed E-state index contributed by atoms with van der Waals surface area (Å²) in [5.41, 5.74) is 11.1. The monoisotopic (exact) mass is 720 g/mol. The van der Waals surface area contributed by atoms with Gasteiger partial charge in [0.1, 0.15) is 17.3 Å². The minimum absolute atomic E-state index is 0.0722. The van der Waals surface area contributed by atoms with Crippen LogP contribution in [0.1, 0.15) is 129 Å². The van der Waals surface area contributed by atoms with Crippen LogP contribution in [0.4, 0.5) is 0 Å². The Hall–Kier alpha value is -4.64. The zero-order valence-corrected chi connectivity index (χ0v) is 34.9. The normalized spacial score (nSPS) is 17.1. The molecule has 3 heterocycles. The van der Waals surface area contributed by atoms with Crippen LogP contribution >= 0.6 is 0 Å². The van der Waals surface area contributed by atoms with Crippen LogP contribution in [0.5, 0.6) is 11.5 Å². The maximum absolute atomic E-state index is 6.87. The van der Waals surface area contributed by atoms with Crippen molar-refractivity contribution in [1.29, 1.82) is 0 Å². The van der Waals surface area contributed by atoms with Crippen molar-refractivity contribution in [3.05, 3.63) is 119 Å². The van der Waals surface area contributed by atoms with Gasteiger partial charge in [-0.3, -0.25) is 4.57 Å². The fourth-order valence-electron chi connectivity index (χ4n) is 8.86. The number of nitrogens with zero attached hydrogens (tertiary/aromatic N) is 4. The third-order valence-electron chi connectivity index (χ3n) is 11.8. The molecule has 5 nitrogen and oxygen atoms in total. The molecule has 6 aromatic rings. The Morgan fingerprint density at radius 1 is 0.759 bits per heavy atom. The fraction of sp³-hybridized carbons (Fsp3) is 0.429. The largest absolute Gasteiger partial charge is 0.457 e. The first-order valence-corrected chi connectivity index (χ1v) is 19.9. The smallest absolute Gasteiger partial charge is 0.137 e. The summed E-state index contributed by atoms with van der Waals surface area (Å²) in [6.07, 6.45) is 6.78. The van der Waals surface area contributed by atoms with E-state index in [9.17, 15) is 0 Å². The minimum atomic E-state index is -0.0978. The number of hydrogen-bond donors (Lipinski definition) is 0. The van der Waals surface area contributed by atoms with E-state index in [2.05, 4.69) is 178 Å². The summed E-state index contributed by atoms with van der Waals surface area (Å²) in [6, 6.07) is 26.0. The molecule has 2 atom stereocenters. The summed E-state index contributed by atoms with van der Waals surface area (Å²) in [4.78, 5) is 4.86. The Balaban J connectivity index is 1.35. The number of rotatable bonds is 6. The number of allylic oxidation sites excluding steroid dienone is 2. The van der Waals surface area contributed by atoms with E-state index in [4.69, 9.17) is 14.8 Å². The van der Waals surface area contributed by atoms with Crippen molar-refractivity contribution in [2.45, 2.75) is 120 Å². The van der Waals surface area contributed by atoms with Crippen LogP contribution < -0.4 is 4.74 Å². The van der Waals surface area contributed by atoms with E-state index in [-0.39, 0.29) is 16.2 Å². The molecule has 1 aliphatic rings. The molecule has 54 heavy (non-hydrogen) atoms. The maximum Gasteiger partial charge on any atom is 0.137 e. The number of fused-ring (bicyclic) bond motifs is 3. The van der Waals surface area contributed by atoms with Gasteiger partial charge < -0.3 is 4.74 Å². The van der Waals surface area contributed by atoms with Gasteiger partial charge in [0, 0.05) is 46.3 Å². The lowest BCUT2D eigenvalue weighted by Crippen LogP contribution is -2.34. The predicted octanol–water partition coefficient (Wildman–Crippen LogP) is 13.7. The van der Waals surface area contributed by atoms with E-state index in [1.165, 1.54) is 39.6 Å². The second-order valence-corrected chi connectivity index (χ2v) is 19.1. The second-order valence-electron chi connectivity index (χ2n) is 19.1. The highest BCUT2D eigenvalue weighted by atomic mass is 16.5. The predicted molar refractivity (Wildman–Crippen MR) is 227 cm³/mol. The lowest BCUT2D eigenvalue weighted by atomic mass is 9.59. The van der Waals surface area contributed by atoms with Gasteiger partial charge in [-0.2, -0.15) is 5.10 Å². The highest BCUT2D eigenvalue weighted by Gasteiger charge is 2.42. The molecule has 1 aliphatic carbocycles. The number of hydrogen-bond acceptors (Lipinski definition) is 3. The van der Waals surface area contributed by atoms with Crippen LogP contribution in [0.25, 0.3) is 33.3 Å². The van der Waals surface area contributed by atoms with Crippen LogP contribution in [-0.2, 0) is 5.41 Å². The Morgan fingerprint density at radius 2 is 1.48 bits per heavy atom. The lowest BCUT2D eigenvalue weighted by molar-refractivity contribution is 0.180. The van der Waals surface area contributed by atoms with E-state index in [0.717, 1.165) is 46.2 Å². The Morgan fingerprint density at radius 3 is 2.17 bits per heavy atom. The summed E-state index contributed by atoms with van der Waals surface area (Å²) in [5, 5.41) is 7.69. The van der Waals surface area contributed by atoms with E-state index >= 15 is 0 Å². The number of pyridine rings is 1. The van der Waals surface area contributed by atoms with Gasteiger partial charge in [0.15, 0.2) is 0 Å². The van der Waals surface area contributed by atoms with Crippen LogP contribution in [0.3, 0.4) is 0 Å². The van der Waals surface area contributed by atoms with Gasteiger partial charge in [0.25, 0.3) is 0 Å². The Bertz CT molecular complexity index is 2380. The number of benzene rings is 3. The average Bonchev–Trinajstić information content (AvgIpc) is 3.59. The van der Waals surface area contributed by atoms with Crippen molar-refractivity contribution in [3.8, 4) is 23.0 Å². The minimum Gasteiger partial charge on any atom is -0.457 e. The SMILES string of the molecule is Cc1nn(-c2cc(Oc3ccc4c5ccccc5n(-c5cc(C(C)C)ccn5)c4c3)cc(C(C)(C)C)c2)c(C)c1C1C(C(C)(C)C)=CCC[C@@H]1C(C)(C)C. The molecule has 5 heteroatoms. The van der Waals surface area contributed by atoms with Crippen LogP contribution in [0.2, 0.25) is 0 Å². The van der Waals surface area contributed by atoms with Crippen molar-refractivity contribution in [1.82, 2.24) is 19.3 Å². The molecule has 1 unspecified atom stereocenters. The molecule has 0 saturated carbocycles. The molecule has 0 spiro atoms. The van der Waals surface area contributed by atoms with Gasteiger partial charge in [-0.05, 0) is 108 Å². The summed E-state index contributed by atoms with van der Waals surface area (Å²) < 4.78 is 11.3. The zero-order valence-electron chi connectivity index (χ0n) is 34.9. The van der Waals surface area contributed by atoms with E-state index < -0.39 is 0 Å². The molecule has 0 saturated heterocycles. The van der Waals surface area contributed by atoms with Crippen molar-refractivity contribution in [2.24, 2.45) is 16.7 Å². The first-order chi connectivity index (χ1) is 25.3. The summed E-state index contributed by atoms with van der Waals surface area (Å²) >= 11 is 0. The third-order valence-corrected chi connectivity index (χ3v) is 11.8. The topological polar surface area (TPSA) is 44.9 Å². The number of para-hydroxylation sites is 1. The molecular formula is C49H60N4O. The van der Waals surface area contributed by atoms with Gasteiger partial charge in [-0.15, -0.1) is 0 Å². The Labute approximate surface area is 323 Å². The van der Waals surface area contributed by atoms with E-state index in [1.54, 1.807) is 5.57 Å². The Kier molecular flexibility index (Phi) is 9.48. The van der Waals surface area contributed by atoms with E-state index in [1.807, 2.05) is 6.20 Å². The standard InChI is InChI=1S/C49H60N4O/c1-30(2)33-23-24-50-44(25-33)52-42-20-15-14-17-38(42)39-22-21-36(29-43(39)52)54-37-27-34(47(5,6)7)26-35(28-37)53-32(4)45(31(3)51-53)46-40(48(8,9)10)18-16-19-41(46)49(11,12)13/h14-15,17-18,20-30,41,46H,16,19H2,1-13H3/t41-,46?/m0/s1. The fourth-order valence-corrected chi connectivity index (χ4v) is 8.86. The molecule has 3 aromatic heterocycles. The molecule has 0 N–H and O–H groups in total. The van der Waals surface area contributed by atoms with Crippen LogP contribution in [-0.4, -0.2) is 19.3 Å². The number of aryl methyl sites for hydroxylation is 1. The summed E-state index contributed by atoms with van der Waals surface area (Å²) in [6.45, 7) is 30.1. The highest BCUT2D eigenvalue weighted by molar-refractivity contribution is 6.09. The first-order valence-electron chi connectivity index (χ1n) is 19.9. The third kappa shape index (κ3) is 6.91. The molecule has 0 bridgehead atoms. The van der Waals surface area contributed by atoms with Crippen molar-refractivity contribution < 1.29 is 4.74 Å². The molecule has 0 aliphatic heterocycles. The molecular weight excluding hydrogens is 661 g/mol. The van der Waals surface area contributed by atoms with Gasteiger partial charge in [0.2, 0.25) is 0 Å². The number of ether oxygens (including phenoxy) is 1. The van der Waals surface area contributed by atoms with E-state index in [0.29, 0.717) is 17.8 Å². The molecule has 0 fully saturated rings. The first kappa shape index (κ1) is 37.7. The summed E-state index contributed by atoms with van der Waals surface area (Å²) in [7, 11) is 0. The van der Waals surface area contributed by atoms with Gasteiger partial charge in [0.05, 0.1) is 22.4 Å². The summed E-state index contributed by atoms with van der Waals surface area (Å²) in [5.74, 6) is 3.75. The molecule has 3 aromatic carbocycles. The maximum atomic E-state index is 6.87. The van der Waals surface area contributed by atoms with Crippen LogP contribution in [0.15, 0.2) is 90.6 Å². The van der Waals surface area contributed by atoms with Gasteiger partial charge in [-0.25, -0.2) is 9.67 Å². The van der Waals surface area contributed by atoms with Crippen molar-refractivity contribution in [3.63, 3.8) is 0 Å². The quantitative estimate of drug-likeness (QED) is 0.161. The molecule has 282 valence electrons. The van der Waals surface area contributed by atoms with Crippen molar-refractivity contribution >= 4 is 21.8 Å². The zero-order chi connectivity index (χ0) is 38.9. The van der Waals surface area contributed by atoms with Crippen molar-refractivity contribution in [2.75, 3.05) is 0 Å². The van der Waals surface area contributed by atoms with Crippen LogP contribution in [0, 0.1) is 30.6 Å². The number of aromatic nitrogens is 4. The highest BCUT2D eigenvalue weighted by Crippen LogP contribution is 2.53. The average molecular weight is 721 g/mol. The molecule has 0 radical (unpaired) electrons. The molecule has 0 amide bonds. The lowest BCUT2D eigenvalue weighted by Gasteiger charge is -2.45. The van der Waals surface area contributed by atoms with Gasteiger partial charge >= 0.3 is 0 Å². The van der Waals surface area contributed by atoms with Gasteiger partial charge in [-0.1, -0.05) is 106 Å². The molecule has 7 rings (SSSR count). The second kappa shape index (κ2) is 13.6.